The highest BCUT2D eigenvalue weighted by Gasteiger charge is 2.23. The minimum atomic E-state index is 0.585. The van der Waals surface area contributed by atoms with Gasteiger partial charge in [0.25, 0.3) is 0 Å². The van der Waals surface area contributed by atoms with E-state index in [9.17, 15) is 0 Å². The van der Waals surface area contributed by atoms with E-state index in [4.69, 9.17) is 4.74 Å². The molecule has 2 atom stereocenters. The molecule has 4 heteroatoms. The van der Waals surface area contributed by atoms with Crippen molar-refractivity contribution in [2.45, 2.75) is 25.9 Å². The molecule has 1 aromatic carbocycles. The van der Waals surface area contributed by atoms with Gasteiger partial charge in [-0.05, 0) is 38.1 Å². The first-order valence-corrected chi connectivity index (χ1v) is 7.31. The van der Waals surface area contributed by atoms with Gasteiger partial charge in [-0.3, -0.25) is 4.90 Å². The lowest BCUT2D eigenvalue weighted by atomic mass is 10.1. The number of hydrogen-bond acceptors (Lipinski definition) is 3. The topological polar surface area (TPSA) is 24.5 Å². The maximum atomic E-state index is 5.78. The Morgan fingerprint density at radius 2 is 1.83 bits per heavy atom. The SMILES string of the molecule is CC1CNCC(C)N1CCOc1ccc(Br)cc1. The third kappa shape index (κ3) is 3.70. The van der Waals surface area contributed by atoms with E-state index >= 15 is 0 Å². The first-order valence-electron chi connectivity index (χ1n) is 6.51. The molecular weight excluding hydrogens is 292 g/mol. The Bertz CT molecular complexity index is 359. The average molecular weight is 313 g/mol. The predicted octanol–water partition coefficient (Wildman–Crippen LogP) is 2.51. The van der Waals surface area contributed by atoms with Crippen molar-refractivity contribution < 1.29 is 4.74 Å². The fraction of sp³-hybridized carbons (Fsp3) is 0.571. The van der Waals surface area contributed by atoms with Crippen LogP contribution in [-0.2, 0) is 0 Å². The molecule has 0 saturated carbocycles. The van der Waals surface area contributed by atoms with Crippen molar-refractivity contribution >= 4 is 15.9 Å². The van der Waals surface area contributed by atoms with Gasteiger partial charge in [0.05, 0.1) is 0 Å². The van der Waals surface area contributed by atoms with Crippen molar-refractivity contribution in [2.75, 3.05) is 26.2 Å². The maximum absolute atomic E-state index is 5.78. The molecule has 1 saturated heterocycles. The van der Waals surface area contributed by atoms with Crippen LogP contribution < -0.4 is 10.1 Å². The van der Waals surface area contributed by atoms with Gasteiger partial charge in [0.2, 0.25) is 0 Å². The molecule has 3 nitrogen and oxygen atoms in total. The Labute approximate surface area is 118 Å². The number of ether oxygens (including phenoxy) is 1. The first-order chi connectivity index (χ1) is 8.66. The third-order valence-corrected chi connectivity index (χ3v) is 3.97. The Kier molecular flexibility index (Phi) is 5.03. The molecule has 2 rings (SSSR count). The van der Waals surface area contributed by atoms with Gasteiger partial charge in [-0.25, -0.2) is 0 Å². The van der Waals surface area contributed by atoms with Crippen LogP contribution in [0.5, 0.6) is 5.75 Å². The average Bonchev–Trinajstić information content (AvgIpc) is 2.35. The van der Waals surface area contributed by atoms with Gasteiger partial charge < -0.3 is 10.1 Å². The molecule has 1 fully saturated rings. The highest BCUT2D eigenvalue weighted by atomic mass is 79.9. The van der Waals surface area contributed by atoms with Crippen molar-refractivity contribution in [1.29, 1.82) is 0 Å². The zero-order valence-corrected chi connectivity index (χ0v) is 12.6. The second kappa shape index (κ2) is 6.55. The van der Waals surface area contributed by atoms with Crippen LogP contribution in [0, 0.1) is 0 Å². The summed E-state index contributed by atoms with van der Waals surface area (Å²) >= 11 is 3.42. The van der Waals surface area contributed by atoms with Crippen LogP contribution in [-0.4, -0.2) is 43.2 Å². The fourth-order valence-electron chi connectivity index (χ4n) is 2.41. The van der Waals surface area contributed by atoms with E-state index in [2.05, 4.69) is 40.0 Å². The summed E-state index contributed by atoms with van der Waals surface area (Å²) < 4.78 is 6.86. The molecule has 2 unspecified atom stereocenters. The highest BCUT2D eigenvalue weighted by molar-refractivity contribution is 9.10. The van der Waals surface area contributed by atoms with Gasteiger partial charge in [0.1, 0.15) is 12.4 Å². The number of nitrogens with one attached hydrogen (secondary N) is 1. The predicted molar refractivity (Wildman–Crippen MR) is 78.1 cm³/mol. The fourth-order valence-corrected chi connectivity index (χ4v) is 2.67. The van der Waals surface area contributed by atoms with E-state index in [0.717, 1.165) is 36.5 Å². The number of nitrogens with zero attached hydrogens (tertiary/aromatic N) is 1. The Morgan fingerprint density at radius 1 is 1.22 bits per heavy atom. The van der Waals surface area contributed by atoms with Crippen molar-refractivity contribution in [3.05, 3.63) is 28.7 Å². The number of halogens is 1. The second-order valence-corrected chi connectivity index (χ2v) is 5.81. The quantitative estimate of drug-likeness (QED) is 0.924. The third-order valence-electron chi connectivity index (χ3n) is 3.44. The summed E-state index contributed by atoms with van der Waals surface area (Å²) in [5.41, 5.74) is 0. The molecule has 0 aromatic heterocycles. The van der Waals surface area contributed by atoms with Gasteiger partial charge in [-0.2, -0.15) is 0 Å². The second-order valence-electron chi connectivity index (χ2n) is 4.90. The summed E-state index contributed by atoms with van der Waals surface area (Å²) in [5, 5.41) is 3.44. The van der Waals surface area contributed by atoms with Gasteiger partial charge in [0.15, 0.2) is 0 Å². The Balaban J connectivity index is 1.79. The molecule has 18 heavy (non-hydrogen) atoms. The van der Waals surface area contributed by atoms with Gasteiger partial charge in [-0.1, -0.05) is 15.9 Å². The normalized spacial score (nSPS) is 25.1. The summed E-state index contributed by atoms with van der Waals surface area (Å²) in [6, 6.07) is 9.17. The molecule has 1 N–H and O–H groups in total. The van der Waals surface area contributed by atoms with E-state index in [0.29, 0.717) is 12.1 Å². The number of piperazine rings is 1. The lowest BCUT2D eigenvalue weighted by Crippen LogP contribution is -2.55. The Hall–Kier alpha value is -0.580. The van der Waals surface area contributed by atoms with E-state index < -0.39 is 0 Å². The summed E-state index contributed by atoms with van der Waals surface area (Å²) in [6.07, 6.45) is 0. The van der Waals surface area contributed by atoms with Crippen LogP contribution in [0.4, 0.5) is 0 Å². The molecule has 1 aliphatic heterocycles. The summed E-state index contributed by atoms with van der Waals surface area (Å²) in [4.78, 5) is 2.51. The van der Waals surface area contributed by atoms with Crippen molar-refractivity contribution in [3.8, 4) is 5.75 Å². The lowest BCUT2D eigenvalue weighted by Gasteiger charge is -2.39. The van der Waals surface area contributed by atoms with Crippen LogP contribution in [0.25, 0.3) is 0 Å². The summed E-state index contributed by atoms with van der Waals surface area (Å²) in [7, 11) is 0. The highest BCUT2D eigenvalue weighted by Crippen LogP contribution is 2.16. The van der Waals surface area contributed by atoms with Gasteiger partial charge in [-0.15, -0.1) is 0 Å². The van der Waals surface area contributed by atoms with Crippen LogP contribution in [0.3, 0.4) is 0 Å². The molecular formula is C14H21BrN2O. The van der Waals surface area contributed by atoms with Crippen molar-refractivity contribution in [1.82, 2.24) is 10.2 Å². The minimum absolute atomic E-state index is 0.585. The van der Waals surface area contributed by atoms with Crippen molar-refractivity contribution in [2.24, 2.45) is 0 Å². The molecule has 1 aromatic rings. The monoisotopic (exact) mass is 312 g/mol. The van der Waals surface area contributed by atoms with E-state index in [1.54, 1.807) is 0 Å². The van der Waals surface area contributed by atoms with Crippen LogP contribution >= 0.6 is 15.9 Å². The van der Waals surface area contributed by atoms with Crippen molar-refractivity contribution in [3.63, 3.8) is 0 Å². The lowest BCUT2D eigenvalue weighted by molar-refractivity contribution is 0.0966. The van der Waals surface area contributed by atoms with Crippen LogP contribution in [0.1, 0.15) is 13.8 Å². The summed E-state index contributed by atoms with van der Waals surface area (Å²) in [5.74, 6) is 0.939. The molecule has 0 bridgehead atoms. The number of benzene rings is 1. The van der Waals surface area contributed by atoms with Gasteiger partial charge in [0, 0.05) is 36.2 Å². The van der Waals surface area contributed by atoms with E-state index in [1.165, 1.54) is 0 Å². The van der Waals surface area contributed by atoms with Crippen LogP contribution in [0.2, 0.25) is 0 Å². The van der Waals surface area contributed by atoms with Crippen LogP contribution in [0.15, 0.2) is 28.7 Å². The zero-order chi connectivity index (χ0) is 13.0. The molecule has 0 radical (unpaired) electrons. The number of rotatable bonds is 4. The standard InChI is InChI=1S/C14H21BrN2O/c1-11-9-16-10-12(2)17(11)7-8-18-14-5-3-13(15)4-6-14/h3-6,11-12,16H,7-10H2,1-2H3. The largest absolute Gasteiger partial charge is 0.492 e. The Morgan fingerprint density at radius 3 is 2.44 bits per heavy atom. The molecule has 1 heterocycles. The molecule has 0 spiro atoms. The van der Waals surface area contributed by atoms with E-state index in [1.807, 2.05) is 24.3 Å². The molecule has 100 valence electrons. The summed E-state index contributed by atoms with van der Waals surface area (Å²) in [6.45, 7) is 8.41. The zero-order valence-electron chi connectivity index (χ0n) is 11.0. The number of hydrogen-bond donors (Lipinski definition) is 1. The van der Waals surface area contributed by atoms with E-state index in [-0.39, 0.29) is 0 Å². The minimum Gasteiger partial charge on any atom is -0.492 e. The first kappa shape index (κ1) is 13.8. The molecule has 0 amide bonds. The smallest absolute Gasteiger partial charge is 0.119 e. The van der Waals surface area contributed by atoms with Gasteiger partial charge >= 0.3 is 0 Å². The molecule has 0 aliphatic carbocycles. The molecule has 1 aliphatic rings. The maximum Gasteiger partial charge on any atom is 0.119 e.